The fourth-order valence-electron chi connectivity index (χ4n) is 6.26. The van der Waals surface area contributed by atoms with Crippen LogP contribution in [0.3, 0.4) is 0 Å². The summed E-state index contributed by atoms with van der Waals surface area (Å²) < 4.78 is 50.6. The molecule has 0 saturated heterocycles. The fourth-order valence-corrected chi connectivity index (χ4v) is 6.80. The molecule has 1 heterocycles. The molecule has 0 aliphatic heterocycles. The maximum absolute atomic E-state index is 14.1. The first kappa shape index (κ1) is 31.4. The molecule has 2 aromatic carbocycles. The third kappa shape index (κ3) is 6.43. The predicted octanol–water partition coefficient (Wildman–Crippen LogP) is 8.11. The van der Waals surface area contributed by atoms with Gasteiger partial charge in [0.1, 0.15) is 10.8 Å². The number of nitrogens with zero attached hydrogens (tertiary/aromatic N) is 1. The molecule has 3 saturated carbocycles. The van der Waals surface area contributed by atoms with Gasteiger partial charge in [0.25, 0.3) is 5.91 Å². The zero-order chi connectivity index (χ0) is 31.4. The number of aromatic nitrogens is 1. The maximum atomic E-state index is 14.1. The van der Waals surface area contributed by atoms with Gasteiger partial charge in [0.15, 0.2) is 5.75 Å². The van der Waals surface area contributed by atoms with Gasteiger partial charge in [0.05, 0.1) is 33.8 Å². The van der Waals surface area contributed by atoms with Crippen molar-refractivity contribution in [3.05, 3.63) is 63.2 Å². The maximum Gasteiger partial charge on any atom is 0.573 e. The standard InChI is InChI=1S/C31H32BrClF3N3O4/c1-17-24(19-15-18(32)9-10-20(19)38-25(17)33)26(40)39-30-13-11-29(12-14-30,27(41)43-28(2,3)4)16-23(30)37-21-7-5-6-8-22(21)42-31(34,35)36/h5-10,15,23,37H,11-14,16H2,1-4H3,(H,39,40). The Kier molecular flexibility index (Phi) is 8.13. The molecule has 12 heteroatoms. The number of ether oxygens (including phenoxy) is 2. The van der Waals surface area contributed by atoms with Gasteiger partial charge < -0.3 is 20.1 Å². The molecule has 2 N–H and O–H groups in total. The Morgan fingerprint density at radius 2 is 1.74 bits per heavy atom. The smallest absolute Gasteiger partial charge is 0.460 e. The molecular weight excluding hydrogens is 651 g/mol. The third-order valence-electron chi connectivity index (χ3n) is 8.36. The minimum absolute atomic E-state index is 0.0999. The molecule has 2 bridgehead atoms. The highest BCUT2D eigenvalue weighted by Gasteiger charge is 2.59. The van der Waals surface area contributed by atoms with Crippen LogP contribution in [-0.2, 0) is 9.53 Å². The highest BCUT2D eigenvalue weighted by atomic mass is 79.9. The molecule has 230 valence electrons. The summed E-state index contributed by atoms with van der Waals surface area (Å²) in [6, 6.07) is 10.5. The summed E-state index contributed by atoms with van der Waals surface area (Å²) in [6.45, 7) is 7.10. The molecule has 6 rings (SSSR count). The number of carbonyl (C=O) groups excluding carboxylic acids is 2. The number of anilines is 1. The van der Waals surface area contributed by atoms with Crippen LogP contribution in [0.4, 0.5) is 18.9 Å². The lowest BCUT2D eigenvalue weighted by molar-refractivity contribution is -0.274. The summed E-state index contributed by atoms with van der Waals surface area (Å²) in [5, 5.41) is 7.26. The van der Waals surface area contributed by atoms with Crippen molar-refractivity contribution in [3.8, 4) is 5.75 Å². The first-order valence-corrected chi connectivity index (χ1v) is 15.1. The molecule has 0 spiro atoms. The SMILES string of the molecule is Cc1c(Cl)nc2ccc(Br)cc2c1C(=O)NC12CCC(C(=O)OC(C)(C)C)(CC1)CC2Nc1ccccc1OC(F)(F)F. The van der Waals surface area contributed by atoms with E-state index in [0.717, 1.165) is 4.47 Å². The number of amides is 1. The highest BCUT2D eigenvalue weighted by molar-refractivity contribution is 9.10. The number of alkyl halides is 3. The Morgan fingerprint density at radius 1 is 1.07 bits per heavy atom. The van der Waals surface area contributed by atoms with Crippen molar-refractivity contribution in [2.45, 2.75) is 83.3 Å². The van der Waals surface area contributed by atoms with E-state index in [1.54, 1.807) is 52.0 Å². The number of carbonyl (C=O) groups is 2. The summed E-state index contributed by atoms with van der Waals surface area (Å²) >= 11 is 9.90. The average molecular weight is 683 g/mol. The number of halogens is 5. The van der Waals surface area contributed by atoms with Crippen LogP contribution in [0.1, 0.15) is 68.8 Å². The van der Waals surface area contributed by atoms with Crippen LogP contribution in [0.25, 0.3) is 10.9 Å². The zero-order valence-electron chi connectivity index (χ0n) is 24.1. The summed E-state index contributed by atoms with van der Waals surface area (Å²) in [7, 11) is 0. The number of pyridine rings is 1. The van der Waals surface area contributed by atoms with Crippen LogP contribution >= 0.6 is 27.5 Å². The van der Waals surface area contributed by atoms with Crippen LogP contribution in [0, 0.1) is 12.3 Å². The number of para-hydroxylation sites is 2. The summed E-state index contributed by atoms with van der Waals surface area (Å²) in [6.07, 6.45) is -2.97. The van der Waals surface area contributed by atoms with E-state index in [4.69, 9.17) is 16.3 Å². The Labute approximate surface area is 261 Å². The van der Waals surface area contributed by atoms with Crippen LogP contribution < -0.4 is 15.4 Å². The molecule has 1 unspecified atom stereocenters. The van der Waals surface area contributed by atoms with Crippen molar-refractivity contribution in [1.29, 1.82) is 0 Å². The summed E-state index contributed by atoms with van der Waals surface area (Å²) in [5.41, 5.74) is -0.954. The predicted molar refractivity (Wildman–Crippen MR) is 161 cm³/mol. The Hall–Kier alpha value is -3.05. The van der Waals surface area contributed by atoms with Gasteiger partial charge in [-0.1, -0.05) is 39.7 Å². The number of hydrogen-bond donors (Lipinski definition) is 2. The minimum Gasteiger partial charge on any atom is -0.460 e. The summed E-state index contributed by atoms with van der Waals surface area (Å²) in [4.78, 5) is 32.1. The Bertz CT molecular complexity index is 1580. The second-order valence-electron chi connectivity index (χ2n) is 12.4. The Morgan fingerprint density at radius 3 is 2.40 bits per heavy atom. The minimum atomic E-state index is -4.90. The molecule has 1 atom stereocenters. The van der Waals surface area contributed by atoms with Gasteiger partial charge in [-0.2, -0.15) is 0 Å². The average Bonchev–Trinajstić information content (AvgIpc) is 2.90. The van der Waals surface area contributed by atoms with E-state index in [-0.39, 0.29) is 29.1 Å². The fraction of sp³-hybridized carbons (Fsp3) is 0.452. The van der Waals surface area contributed by atoms with Gasteiger partial charge >= 0.3 is 12.3 Å². The van der Waals surface area contributed by atoms with E-state index in [1.165, 1.54) is 18.2 Å². The molecule has 3 aliphatic carbocycles. The third-order valence-corrected chi connectivity index (χ3v) is 9.22. The molecule has 3 fully saturated rings. The van der Waals surface area contributed by atoms with Crippen LogP contribution in [0.2, 0.25) is 5.15 Å². The van der Waals surface area contributed by atoms with Gasteiger partial charge in [0, 0.05) is 9.86 Å². The van der Waals surface area contributed by atoms with E-state index in [2.05, 4.69) is 36.3 Å². The highest BCUT2D eigenvalue weighted by Crippen LogP contribution is 2.54. The molecule has 1 amide bonds. The monoisotopic (exact) mass is 681 g/mol. The van der Waals surface area contributed by atoms with Crippen LogP contribution in [0.15, 0.2) is 46.9 Å². The molecule has 43 heavy (non-hydrogen) atoms. The topological polar surface area (TPSA) is 89.6 Å². The van der Waals surface area contributed by atoms with Crippen molar-refractivity contribution in [1.82, 2.24) is 10.3 Å². The van der Waals surface area contributed by atoms with Crippen molar-refractivity contribution in [2.24, 2.45) is 5.41 Å². The van der Waals surface area contributed by atoms with E-state index >= 15 is 0 Å². The van der Waals surface area contributed by atoms with Crippen molar-refractivity contribution in [3.63, 3.8) is 0 Å². The van der Waals surface area contributed by atoms with Gasteiger partial charge in [-0.3, -0.25) is 9.59 Å². The van der Waals surface area contributed by atoms with Crippen LogP contribution in [0.5, 0.6) is 5.75 Å². The van der Waals surface area contributed by atoms with Crippen molar-refractivity contribution < 1.29 is 32.2 Å². The van der Waals surface area contributed by atoms with Crippen molar-refractivity contribution >= 4 is 56.0 Å². The van der Waals surface area contributed by atoms with Gasteiger partial charge in [-0.15, -0.1) is 13.2 Å². The van der Waals surface area contributed by atoms with E-state index < -0.39 is 34.7 Å². The van der Waals surface area contributed by atoms with Crippen molar-refractivity contribution in [2.75, 3.05) is 5.32 Å². The van der Waals surface area contributed by atoms with Crippen LogP contribution in [-0.4, -0.2) is 40.4 Å². The van der Waals surface area contributed by atoms with Gasteiger partial charge in [0.2, 0.25) is 0 Å². The molecular formula is C31H32BrClF3N3O4. The number of rotatable bonds is 6. The first-order valence-electron chi connectivity index (χ1n) is 13.9. The largest absolute Gasteiger partial charge is 0.573 e. The molecule has 1 aromatic heterocycles. The number of esters is 1. The number of benzene rings is 2. The lowest BCUT2D eigenvalue weighted by Gasteiger charge is -2.57. The van der Waals surface area contributed by atoms with E-state index in [1.807, 2.05) is 0 Å². The Balaban J connectivity index is 1.54. The normalized spacial score (nSPS) is 23.6. The van der Waals surface area contributed by atoms with E-state index in [0.29, 0.717) is 47.7 Å². The van der Waals surface area contributed by atoms with Gasteiger partial charge in [-0.25, -0.2) is 4.98 Å². The zero-order valence-corrected chi connectivity index (χ0v) is 26.5. The second-order valence-corrected chi connectivity index (χ2v) is 13.7. The quantitative estimate of drug-likeness (QED) is 0.202. The second kappa shape index (κ2) is 11.1. The molecule has 7 nitrogen and oxygen atoms in total. The molecule has 0 radical (unpaired) electrons. The van der Waals surface area contributed by atoms with Gasteiger partial charge in [-0.05, 0) is 95.7 Å². The lowest BCUT2D eigenvalue weighted by Crippen LogP contribution is -2.68. The number of nitrogens with one attached hydrogen (secondary N) is 2. The first-order chi connectivity index (χ1) is 20.0. The number of hydrogen-bond acceptors (Lipinski definition) is 6. The lowest BCUT2D eigenvalue weighted by atomic mass is 9.54. The summed E-state index contributed by atoms with van der Waals surface area (Å²) in [5.74, 6) is -1.14. The number of fused-ring (bicyclic) bond motifs is 4. The molecule has 3 aromatic rings. The van der Waals surface area contributed by atoms with E-state index in [9.17, 15) is 22.8 Å². The molecule has 3 aliphatic rings.